The molecule has 88 valence electrons. The Kier molecular flexibility index (Phi) is 2.70. The van der Waals surface area contributed by atoms with Gasteiger partial charge in [0.1, 0.15) is 6.61 Å². The van der Waals surface area contributed by atoms with E-state index >= 15 is 0 Å². The maximum absolute atomic E-state index is 10.7. The van der Waals surface area contributed by atoms with Gasteiger partial charge in [-0.05, 0) is 0 Å². The molecule has 16 heavy (non-hydrogen) atoms. The van der Waals surface area contributed by atoms with Crippen LogP contribution in [0.1, 0.15) is 6.42 Å². The molecule has 1 atom stereocenters. The van der Waals surface area contributed by atoms with Crippen LogP contribution in [0.3, 0.4) is 0 Å². The minimum absolute atomic E-state index is 0.707. The minimum Gasteiger partial charge on any atom is -0.464 e. The molecule has 1 aliphatic heterocycles. The van der Waals surface area contributed by atoms with Crippen LogP contribution in [0.15, 0.2) is 0 Å². The van der Waals surface area contributed by atoms with Crippen molar-refractivity contribution in [1.82, 2.24) is 0 Å². The van der Waals surface area contributed by atoms with Crippen molar-refractivity contribution in [1.29, 1.82) is 0 Å². The molecule has 0 saturated carbocycles. The molecule has 0 aliphatic carbocycles. The van der Waals surface area contributed by atoms with E-state index in [4.69, 9.17) is 0 Å². The Morgan fingerprint density at radius 1 is 1.12 bits per heavy atom. The molecule has 1 fully saturated rings. The van der Waals surface area contributed by atoms with Crippen LogP contribution in [-0.4, -0.2) is 33.1 Å². The number of carbonyl (C=O) groups excluding carboxylic acids is 1. The Bertz CT molecular complexity index is 342. The van der Waals surface area contributed by atoms with Crippen molar-refractivity contribution in [2.45, 2.75) is 12.2 Å². The first kappa shape index (κ1) is 11.7. The molecule has 1 unspecified atom stereocenters. The van der Waals surface area contributed by atoms with Gasteiger partial charge in [0.15, 0.2) is 14.8 Å². The summed E-state index contributed by atoms with van der Waals surface area (Å²) in [6.07, 6.45) is -0.719. The average Bonchev–Trinajstić information content (AvgIpc) is 2.50. The molecule has 1 saturated heterocycles. The molecular weight excluding hydrogens is 230 g/mol. The van der Waals surface area contributed by atoms with E-state index in [2.05, 4.69) is 4.74 Å². The first-order valence-corrected chi connectivity index (χ1v) is 3.92. The third kappa shape index (κ3) is 1.41. The molecule has 0 spiro atoms. The lowest BCUT2D eigenvalue weighted by Gasteiger charge is -2.11. The van der Waals surface area contributed by atoms with E-state index in [1.165, 1.54) is 0 Å². The number of rotatable bonds is 4. The summed E-state index contributed by atoms with van der Waals surface area (Å²) >= 11 is 0. The van der Waals surface area contributed by atoms with Crippen molar-refractivity contribution < 1.29 is 24.3 Å². The first-order chi connectivity index (χ1) is 7.33. The van der Waals surface area contributed by atoms with Crippen LogP contribution in [0.5, 0.6) is 0 Å². The number of esters is 1. The van der Waals surface area contributed by atoms with Crippen LogP contribution in [0.2, 0.25) is 0 Å². The zero-order valence-electron chi connectivity index (χ0n) is 7.60. The highest BCUT2D eigenvalue weighted by atomic mass is 16.7. The largest absolute Gasteiger partial charge is 0.706 e. The summed E-state index contributed by atoms with van der Waals surface area (Å²) in [6, 6.07) is 0. The second-order valence-electron chi connectivity index (χ2n) is 3.04. The topological polar surface area (TPSA) is 156 Å². The van der Waals surface area contributed by atoms with Gasteiger partial charge < -0.3 is 4.74 Å². The third-order valence-electron chi connectivity index (χ3n) is 2.21. The van der Waals surface area contributed by atoms with Gasteiger partial charge >= 0.3 is 11.8 Å². The predicted molar refractivity (Wildman–Crippen MR) is 42.8 cm³/mol. The van der Waals surface area contributed by atoms with Gasteiger partial charge in [-0.25, -0.2) is 0 Å². The molecule has 11 nitrogen and oxygen atoms in total. The van der Waals surface area contributed by atoms with E-state index in [9.17, 15) is 35.1 Å². The fourth-order valence-electron chi connectivity index (χ4n) is 1.41. The van der Waals surface area contributed by atoms with E-state index in [1.807, 2.05) is 0 Å². The smallest absolute Gasteiger partial charge is 0.464 e. The fraction of sp³-hybridized carbons (Fsp3) is 0.800. The summed E-state index contributed by atoms with van der Waals surface area (Å²) in [7, 11) is 0. The van der Waals surface area contributed by atoms with Gasteiger partial charge in [-0.15, -0.1) is 0 Å². The number of ether oxygens (including phenoxy) is 1. The van der Waals surface area contributed by atoms with Gasteiger partial charge in [-0.3, -0.25) is 35.1 Å². The fourth-order valence-corrected chi connectivity index (χ4v) is 1.41. The second-order valence-corrected chi connectivity index (χ2v) is 3.04. The number of hydrogen-bond acceptors (Lipinski definition) is 8. The molecule has 0 aromatic carbocycles. The SMILES string of the molecule is O=C1CC(C([N+](=O)[O-])([N+](=O)[O-])[N+](=O)[O-])CO1. The van der Waals surface area contributed by atoms with Crippen LogP contribution in [0.4, 0.5) is 0 Å². The monoisotopic (exact) mass is 235 g/mol. The normalized spacial score (nSPS) is 20.2. The predicted octanol–water partition coefficient (Wildman–Crippen LogP) is -0.967. The molecule has 0 aromatic rings. The van der Waals surface area contributed by atoms with Gasteiger partial charge in [0.25, 0.3) is 0 Å². The first-order valence-electron chi connectivity index (χ1n) is 3.92. The van der Waals surface area contributed by atoms with Gasteiger partial charge in [0.05, 0.1) is 6.42 Å². The van der Waals surface area contributed by atoms with E-state index in [1.54, 1.807) is 0 Å². The lowest BCUT2D eigenvalue weighted by atomic mass is 10.0. The van der Waals surface area contributed by atoms with E-state index in [-0.39, 0.29) is 0 Å². The van der Waals surface area contributed by atoms with Crippen LogP contribution in [-0.2, 0) is 9.53 Å². The zero-order valence-corrected chi connectivity index (χ0v) is 7.60. The highest BCUT2D eigenvalue weighted by Gasteiger charge is 2.77. The Morgan fingerprint density at radius 3 is 1.81 bits per heavy atom. The van der Waals surface area contributed by atoms with E-state index in [0.717, 1.165) is 0 Å². The maximum atomic E-state index is 10.7. The summed E-state index contributed by atoms with van der Waals surface area (Å²) in [5, 5.41) is 31.7. The van der Waals surface area contributed by atoms with Crippen molar-refractivity contribution in [3.63, 3.8) is 0 Å². The summed E-state index contributed by atoms with van der Waals surface area (Å²) in [4.78, 5) is 37.5. The zero-order chi connectivity index (χ0) is 12.5. The van der Waals surface area contributed by atoms with Crippen molar-refractivity contribution in [3.8, 4) is 0 Å². The van der Waals surface area contributed by atoms with Gasteiger partial charge in [0.2, 0.25) is 5.92 Å². The number of cyclic esters (lactones) is 1. The number of hydrogen-bond donors (Lipinski definition) is 0. The second kappa shape index (κ2) is 3.67. The van der Waals surface area contributed by atoms with E-state index < -0.39 is 45.5 Å². The molecule has 1 aliphatic rings. The highest BCUT2D eigenvalue weighted by Crippen LogP contribution is 2.30. The molecule has 0 amide bonds. The number of nitro groups is 3. The molecule has 1 heterocycles. The number of nitrogens with zero attached hydrogens (tertiary/aromatic N) is 3. The Morgan fingerprint density at radius 2 is 1.56 bits per heavy atom. The lowest BCUT2D eigenvalue weighted by molar-refractivity contribution is -0.978. The van der Waals surface area contributed by atoms with Crippen molar-refractivity contribution in [2.75, 3.05) is 6.61 Å². The lowest BCUT2D eigenvalue weighted by Crippen LogP contribution is -2.59. The standard InChI is InChI=1S/C5H5N3O8/c9-4-1-3(2-16-4)5(6(10)11,7(12)13)8(14)15/h3H,1-2H2. The van der Waals surface area contributed by atoms with Crippen LogP contribution >= 0.6 is 0 Å². The van der Waals surface area contributed by atoms with Crippen molar-refractivity contribution >= 4 is 5.97 Å². The summed E-state index contributed by atoms with van der Waals surface area (Å²) in [5.41, 5.74) is 0. The molecule has 0 bridgehead atoms. The van der Waals surface area contributed by atoms with Crippen molar-refractivity contribution in [2.24, 2.45) is 5.92 Å². The van der Waals surface area contributed by atoms with Crippen molar-refractivity contribution in [3.05, 3.63) is 30.3 Å². The molecule has 11 heteroatoms. The van der Waals surface area contributed by atoms with E-state index in [0.29, 0.717) is 0 Å². The van der Waals surface area contributed by atoms with Gasteiger partial charge in [-0.1, -0.05) is 0 Å². The minimum atomic E-state index is -3.62. The van der Waals surface area contributed by atoms with Gasteiger partial charge in [-0.2, -0.15) is 0 Å². The molecule has 0 aromatic heterocycles. The Labute approximate surface area is 86.4 Å². The summed E-state index contributed by atoms with van der Waals surface area (Å²) < 4.78 is 4.27. The van der Waals surface area contributed by atoms with Crippen LogP contribution in [0, 0.1) is 36.3 Å². The molecular formula is C5H5N3O8. The molecule has 0 radical (unpaired) electrons. The van der Waals surface area contributed by atoms with Crippen LogP contribution < -0.4 is 0 Å². The Balaban J connectivity index is 3.22. The molecule has 0 N–H and O–H groups in total. The summed E-state index contributed by atoms with van der Waals surface area (Å²) in [6.45, 7) is -0.707. The number of carbonyl (C=O) groups is 1. The molecule has 1 rings (SSSR count). The maximum Gasteiger partial charge on any atom is 0.706 e. The Hall–Kier alpha value is -2.33. The highest BCUT2D eigenvalue weighted by molar-refractivity contribution is 5.71. The third-order valence-corrected chi connectivity index (χ3v) is 2.21. The van der Waals surface area contributed by atoms with Gasteiger partial charge in [0, 0.05) is 0 Å². The average molecular weight is 235 g/mol. The quantitative estimate of drug-likeness (QED) is 0.260. The van der Waals surface area contributed by atoms with Crippen LogP contribution in [0.25, 0.3) is 0 Å². The summed E-state index contributed by atoms with van der Waals surface area (Å²) in [5.74, 6) is -6.26.